The van der Waals surface area contributed by atoms with Crippen molar-refractivity contribution < 1.29 is 5.11 Å². The number of benzene rings is 1. The maximum absolute atomic E-state index is 9.96. The zero-order chi connectivity index (χ0) is 10.1. The molecule has 0 unspecified atom stereocenters. The van der Waals surface area contributed by atoms with Crippen molar-refractivity contribution in [1.29, 1.82) is 0 Å². The molecular weight excluding hydrogens is 236 g/mol. The molecule has 0 saturated carbocycles. The number of aliphatic hydroxyl groups excluding tert-OH is 1. The van der Waals surface area contributed by atoms with Gasteiger partial charge in [0.2, 0.25) is 0 Å². The first kappa shape index (κ1) is 15.9. The highest BCUT2D eigenvalue weighted by Gasteiger charge is 2.30. The van der Waals surface area contributed by atoms with E-state index in [1.807, 2.05) is 0 Å². The molecule has 0 radical (unpaired) electrons. The van der Waals surface area contributed by atoms with E-state index < -0.39 is 0 Å². The lowest BCUT2D eigenvalue weighted by molar-refractivity contribution is 0.146. The van der Waals surface area contributed by atoms with Gasteiger partial charge in [-0.05, 0) is 29.9 Å². The Kier molecular flexibility index (Phi) is 6.53. The Hall–Kier alpha value is -0.120. The lowest BCUT2D eigenvalue weighted by atomic mass is 9.90. The smallest absolute Gasteiger partial charge is 0.0649 e. The summed E-state index contributed by atoms with van der Waals surface area (Å²) in [6.07, 6.45) is 1.78. The van der Waals surface area contributed by atoms with Crippen LogP contribution in [-0.4, -0.2) is 11.2 Å². The van der Waals surface area contributed by atoms with Crippen LogP contribution >= 0.6 is 27.0 Å². The maximum atomic E-state index is 9.96. The molecule has 0 spiro atoms. The predicted molar refractivity (Wildman–Crippen MR) is 79.1 cm³/mol. The monoisotopic (exact) mass is 258 g/mol. The van der Waals surface area contributed by atoms with Gasteiger partial charge >= 0.3 is 0 Å². The van der Waals surface area contributed by atoms with Crippen LogP contribution in [0.25, 0.3) is 0 Å². The fraction of sp³-hybridized carbons (Fsp3) is 0.538. The Morgan fingerprint density at radius 1 is 1.25 bits per heavy atom. The minimum atomic E-state index is -0.158. The van der Waals surface area contributed by atoms with Gasteiger partial charge in [-0.2, -0.15) is 27.0 Å². The van der Waals surface area contributed by atoms with Crippen LogP contribution in [0.2, 0.25) is 0 Å². The summed E-state index contributed by atoms with van der Waals surface area (Å²) in [4.78, 5) is 0. The summed E-state index contributed by atoms with van der Waals surface area (Å²) in [5, 5.41) is 9.96. The van der Waals surface area contributed by atoms with E-state index in [2.05, 4.69) is 38.1 Å². The zero-order valence-corrected chi connectivity index (χ0v) is 11.9. The van der Waals surface area contributed by atoms with Crippen LogP contribution in [0.15, 0.2) is 24.3 Å². The predicted octanol–water partition coefficient (Wildman–Crippen LogP) is 2.96. The largest absolute Gasteiger partial charge is 0.392 e. The van der Waals surface area contributed by atoms with Crippen LogP contribution in [0.3, 0.4) is 0 Å². The lowest BCUT2D eigenvalue weighted by Gasteiger charge is -2.17. The second-order valence-electron chi connectivity index (χ2n) is 4.71. The summed E-state index contributed by atoms with van der Waals surface area (Å²) in [6, 6.07) is 8.44. The number of hydrogen-bond acceptors (Lipinski definition) is 1. The summed E-state index contributed by atoms with van der Waals surface area (Å²) >= 11 is 0. The van der Waals surface area contributed by atoms with E-state index >= 15 is 0 Å². The van der Waals surface area contributed by atoms with E-state index in [0.717, 1.165) is 12.8 Å². The molecule has 1 N–H and O–H groups in total. The van der Waals surface area contributed by atoms with Gasteiger partial charge in [-0.3, -0.25) is 0 Å². The van der Waals surface area contributed by atoms with E-state index in [1.165, 1.54) is 11.1 Å². The summed E-state index contributed by atoms with van der Waals surface area (Å²) in [5.41, 5.74) is 2.71. The quantitative estimate of drug-likeness (QED) is 0.865. The van der Waals surface area contributed by atoms with Gasteiger partial charge in [0.1, 0.15) is 0 Å². The molecule has 0 heterocycles. The molecule has 1 aromatic rings. The second-order valence-corrected chi connectivity index (χ2v) is 4.71. The third-order valence-corrected chi connectivity index (χ3v) is 3.07. The summed E-state index contributed by atoms with van der Waals surface area (Å²) in [7, 11) is 0. The van der Waals surface area contributed by atoms with Gasteiger partial charge in [-0.1, -0.05) is 38.1 Å². The third-order valence-electron chi connectivity index (χ3n) is 3.07. The van der Waals surface area contributed by atoms with Crippen molar-refractivity contribution >= 4 is 27.0 Å². The average molecular weight is 258 g/mol. The first-order chi connectivity index (χ1) is 6.68. The van der Waals surface area contributed by atoms with Gasteiger partial charge in [0, 0.05) is 5.92 Å². The molecule has 0 amide bonds. The standard InChI is InChI=1S/C13H18O.2H2S/c1-9(2)7-12-11-6-4-3-5-10(11)8-13(12)14;;/h3-6,9,12-14H,7-8H2,1-2H3;2*1H2/t12-,13-;;/m0../s1. The van der Waals surface area contributed by atoms with Crippen molar-refractivity contribution in [3.05, 3.63) is 35.4 Å². The molecule has 0 fully saturated rings. The SMILES string of the molecule is CC(C)C[C@H]1c2ccccc2C[C@@H]1O.S.S. The van der Waals surface area contributed by atoms with Crippen molar-refractivity contribution in [3.8, 4) is 0 Å². The molecular formula is C13H22OS2. The Labute approximate surface area is 112 Å². The molecule has 1 aromatic carbocycles. The van der Waals surface area contributed by atoms with E-state index in [1.54, 1.807) is 0 Å². The van der Waals surface area contributed by atoms with Crippen molar-refractivity contribution in [2.24, 2.45) is 5.92 Å². The van der Waals surface area contributed by atoms with Gasteiger partial charge in [-0.25, -0.2) is 0 Å². The average Bonchev–Trinajstić information content (AvgIpc) is 2.43. The fourth-order valence-electron chi connectivity index (χ4n) is 2.45. The Morgan fingerprint density at radius 2 is 1.88 bits per heavy atom. The molecule has 0 aliphatic heterocycles. The topological polar surface area (TPSA) is 20.2 Å². The van der Waals surface area contributed by atoms with Crippen molar-refractivity contribution in [3.63, 3.8) is 0 Å². The molecule has 0 aromatic heterocycles. The van der Waals surface area contributed by atoms with Gasteiger partial charge < -0.3 is 5.11 Å². The number of hydrogen-bond donors (Lipinski definition) is 1. The summed E-state index contributed by atoms with van der Waals surface area (Å²) in [6.45, 7) is 4.43. The first-order valence-corrected chi connectivity index (χ1v) is 5.44. The van der Waals surface area contributed by atoms with Crippen LogP contribution in [0.4, 0.5) is 0 Å². The van der Waals surface area contributed by atoms with Gasteiger partial charge in [0.05, 0.1) is 6.10 Å². The van der Waals surface area contributed by atoms with Gasteiger partial charge in [-0.15, -0.1) is 0 Å². The molecule has 0 saturated heterocycles. The Balaban J connectivity index is 0.00000112. The Bertz CT molecular complexity index is 325. The summed E-state index contributed by atoms with van der Waals surface area (Å²) in [5.74, 6) is 1.02. The molecule has 92 valence electrons. The highest BCUT2D eigenvalue weighted by atomic mass is 32.1. The normalized spacial score (nSPS) is 22.2. The molecule has 2 rings (SSSR count). The number of rotatable bonds is 2. The van der Waals surface area contributed by atoms with Crippen molar-refractivity contribution in [1.82, 2.24) is 0 Å². The van der Waals surface area contributed by atoms with E-state index in [0.29, 0.717) is 11.8 Å². The molecule has 2 atom stereocenters. The van der Waals surface area contributed by atoms with Crippen LogP contribution < -0.4 is 0 Å². The molecule has 1 nitrogen and oxygen atoms in total. The zero-order valence-electron chi connectivity index (χ0n) is 9.90. The minimum Gasteiger partial charge on any atom is -0.392 e. The second kappa shape index (κ2) is 6.58. The maximum Gasteiger partial charge on any atom is 0.0649 e. The minimum absolute atomic E-state index is 0. The molecule has 16 heavy (non-hydrogen) atoms. The highest BCUT2D eigenvalue weighted by Crippen LogP contribution is 2.37. The lowest BCUT2D eigenvalue weighted by Crippen LogP contribution is -2.15. The number of fused-ring (bicyclic) bond motifs is 1. The highest BCUT2D eigenvalue weighted by molar-refractivity contribution is 7.59. The Morgan fingerprint density at radius 3 is 2.50 bits per heavy atom. The fourth-order valence-corrected chi connectivity index (χ4v) is 2.45. The van der Waals surface area contributed by atoms with Gasteiger partial charge in [0.25, 0.3) is 0 Å². The van der Waals surface area contributed by atoms with Crippen LogP contribution in [0.5, 0.6) is 0 Å². The molecule has 3 heteroatoms. The first-order valence-electron chi connectivity index (χ1n) is 5.44. The van der Waals surface area contributed by atoms with E-state index in [-0.39, 0.29) is 33.1 Å². The molecule has 0 bridgehead atoms. The van der Waals surface area contributed by atoms with Crippen molar-refractivity contribution in [2.75, 3.05) is 0 Å². The van der Waals surface area contributed by atoms with Crippen LogP contribution in [-0.2, 0) is 6.42 Å². The van der Waals surface area contributed by atoms with Crippen LogP contribution in [0.1, 0.15) is 37.3 Å². The van der Waals surface area contributed by atoms with Crippen molar-refractivity contribution in [2.45, 2.75) is 38.7 Å². The van der Waals surface area contributed by atoms with E-state index in [4.69, 9.17) is 0 Å². The number of aliphatic hydroxyl groups is 1. The van der Waals surface area contributed by atoms with E-state index in [9.17, 15) is 5.11 Å². The third kappa shape index (κ3) is 3.19. The van der Waals surface area contributed by atoms with Crippen LogP contribution in [0, 0.1) is 5.92 Å². The summed E-state index contributed by atoms with van der Waals surface area (Å²) < 4.78 is 0. The molecule has 1 aliphatic rings. The van der Waals surface area contributed by atoms with Gasteiger partial charge in [0.15, 0.2) is 0 Å². The molecule has 1 aliphatic carbocycles.